The van der Waals surface area contributed by atoms with Crippen molar-refractivity contribution in [1.82, 2.24) is 9.38 Å². The number of aryl methyl sites for hydroxylation is 2. The summed E-state index contributed by atoms with van der Waals surface area (Å²) < 4.78 is 7.02. The molecule has 0 fully saturated rings. The molecule has 2 N–H and O–H groups in total. The van der Waals surface area contributed by atoms with Crippen molar-refractivity contribution in [1.29, 1.82) is 0 Å². The maximum absolute atomic E-state index is 12.4. The number of ether oxygens (including phenoxy) is 1. The standard InChI is InChI=1S/C19H18ClN3O4/c1-11-15(23-8-4-3-5-17(23)21-11)6-7-18(24)22-14-10-16(27-2)12(19(25)26)9-13(14)20/h3-5,8-10H,6-7H2,1-2H3,(H,22,24)(H,25,26). The molecule has 3 rings (SSSR count). The third-order valence-corrected chi connectivity index (χ3v) is 4.52. The number of pyridine rings is 1. The van der Waals surface area contributed by atoms with E-state index in [0.717, 1.165) is 17.0 Å². The van der Waals surface area contributed by atoms with Gasteiger partial charge in [0.1, 0.15) is 17.0 Å². The number of carboxylic acid groups (broad SMARTS) is 1. The Labute approximate surface area is 160 Å². The number of aromatic carboxylic acids is 1. The molecule has 0 aliphatic heterocycles. The molecule has 8 heteroatoms. The molecule has 7 nitrogen and oxygen atoms in total. The summed E-state index contributed by atoms with van der Waals surface area (Å²) >= 11 is 6.10. The van der Waals surface area contributed by atoms with E-state index in [1.165, 1.54) is 19.2 Å². The van der Waals surface area contributed by atoms with Gasteiger partial charge < -0.3 is 19.6 Å². The van der Waals surface area contributed by atoms with Crippen LogP contribution in [-0.4, -0.2) is 33.5 Å². The van der Waals surface area contributed by atoms with Crippen molar-refractivity contribution in [2.45, 2.75) is 19.8 Å². The van der Waals surface area contributed by atoms with Crippen LogP contribution in [0.4, 0.5) is 5.69 Å². The van der Waals surface area contributed by atoms with Crippen molar-refractivity contribution >= 4 is 34.8 Å². The topological polar surface area (TPSA) is 92.9 Å². The maximum atomic E-state index is 12.4. The number of aromatic nitrogens is 2. The summed E-state index contributed by atoms with van der Waals surface area (Å²) in [5.41, 5.74) is 2.91. The van der Waals surface area contributed by atoms with Crippen molar-refractivity contribution in [3.8, 4) is 5.75 Å². The molecule has 0 radical (unpaired) electrons. The van der Waals surface area contributed by atoms with Crippen molar-refractivity contribution < 1.29 is 19.4 Å². The Balaban J connectivity index is 1.74. The van der Waals surface area contributed by atoms with Gasteiger partial charge in [-0.05, 0) is 31.5 Å². The van der Waals surface area contributed by atoms with Gasteiger partial charge in [0.15, 0.2) is 0 Å². The highest BCUT2D eigenvalue weighted by atomic mass is 35.5. The maximum Gasteiger partial charge on any atom is 0.339 e. The number of carbonyl (C=O) groups excluding carboxylic acids is 1. The summed E-state index contributed by atoms with van der Waals surface area (Å²) in [5.74, 6) is -1.28. The molecular formula is C19H18ClN3O4. The van der Waals surface area contributed by atoms with Gasteiger partial charge in [-0.1, -0.05) is 17.7 Å². The highest BCUT2D eigenvalue weighted by Gasteiger charge is 2.17. The van der Waals surface area contributed by atoms with Gasteiger partial charge in [0.05, 0.1) is 23.5 Å². The van der Waals surface area contributed by atoms with E-state index in [1.54, 1.807) is 0 Å². The monoisotopic (exact) mass is 387 g/mol. The number of imidazole rings is 1. The number of nitrogens with one attached hydrogen (secondary N) is 1. The normalized spacial score (nSPS) is 10.8. The molecule has 0 saturated heterocycles. The molecule has 0 aliphatic carbocycles. The molecule has 2 heterocycles. The van der Waals surface area contributed by atoms with Gasteiger partial charge in [-0.15, -0.1) is 0 Å². The highest BCUT2D eigenvalue weighted by molar-refractivity contribution is 6.34. The van der Waals surface area contributed by atoms with E-state index in [4.69, 9.17) is 21.4 Å². The van der Waals surface area contributed by atoms with E-state index in [0.29, 0.717) is 12.1 Å². The number of halogens is 1. The Morgan fingerprint density at radius 2 is 2.11 bits per heavy atom. The molecule has 1 aromatic carbocycles. The zero-order chi connectivity index (χ0) is 19.6. The lowest BCUT2D eigenvalue weighted by Gasteiger charge is -2.11. The summed E-state index contributed by atoms with van der Waals surface area (Å²) in [4.78, 5) is 28.1. The van der Waals surface area contributed by atoms with Gasteiger partial charge in [0.25, 0.3) is 0 Å². The van der Waals surface area contributed by atoms with Crippen LogP contribution < -0.4 is 10.1 Å². The molecule has 0 bridgehead atoms. The Hall–Kier alpha value is -3.06. The van der Waals surface area contributed by atoms with E-state index in [1.807, 2.05) is 35.7 Å². The molecular weight excluding hydrogens is 370 g/mol. The number of carboxylic acids is 1. The summed E-state index contributed by atoms with van der Waals surface area (Å²) in [6.45, 7) is 1.91. The lowest BCUT2D eigenvalue weighted by molar-refractivity contribution is -0.116. The van der Waals surface area contributed by atoms with Crippen LogP contribution in [0.3, 0.4) is 0 Å². The largest absolute Gasteiger partial charge is 0.496 e. The van der Waals surface area contributed by atoms with E-state index < -0.39 is 5.97 Å². The second kappa shape index (κ2) is 7.67. The Morgan fingerprint density at radius 1 is 1.33 bits per heavy atom. The molecule has 140 valence electrons. The molecule has 0 spiro atoms. The van der Waals surface area contributed by atoms with Crippen LogP contribution in [-0.2, 0) is 11.2 Å². The van der Waals surface area contributed by atoms with Crippen molar-refractivity contribution in [3.05, 3.63) is 58.5 Å². The third-order valence-electron chi connectivity index (χ3n) is 4.21. The Morgan fingerprint density at radius 3 is 2.81 bits per heavy atom. The summed E-state index contributed by atoms with van der Waals surface area (Å²) in [5, 5.41) is 12.0. The number of rotatable bonds is 6. The molecule has 3 aromatic rings. The minimum absolute atomic E-state index is 0.0677. The first-order valence-electron chi connectivity index (χ1n) is 8.24. The Kier molecular flexibility index (Phi) is 5.32. The van der Waals surface area contributed by atoms with E-state index in [2.05, 4.69) is 10.3 Å². The lowest BCUT2D eigenvalue weighted by atomic mass is 10.1. The number of carbonyl (C=O) groups is 2. The highest BCUT2D eigenvalue weighted by Crippen LogP contribution is 2.31. The fourth-order valence-corrected chi connectivity index (χ4v) is 3.11. The lowest BCUT2D eigenvalue weighted by Crippen LogP contribution is -2.14. The zero-order valence-corrected chi connectivity index (χ0v) is 15.6. The van der Waals surface area contributed by atoms with Crippen LogP contribution in [0.25, 0.3) is 5.65 Å². The number of nitrogens with zero attached hydrogens (tertiary/aromatic N) is 2. The fourth-order valence-electron chi connectivity index (χ4n) is 2.90. The van der Waals surface area contributed by atoms with Crippen LogP contribution in [0.5, 0.6) is 5.75 Å². The predicted molar refractivity (Wildman–Crippen MR) is 102 cm³/mol. The van der Waals surface area contributed by atoms with Crippen LogP contribution in [0.15, 0.2) is 36.5 Å². The first kappa shape index (κ1) is 18.7. The summed E-state index contributed by atoms with van der Waals surface area (Å²) in [6, 6.07) is 8.39. The van der Waals surface area contributed by atoms with Crippen LogP contribution in [0.1, 0.15) is 28.2 Å². The second-order valence-electron chi connectivity index (χ2n) is 5.96. The van der Waals surface area contributed by atoms with Gasteiger partial charge in [-0.25, -0.2) is 9.78 Å². The predicted octanol–water partition coefficient (Wildman–Crippen LogP) is 3.57. The third kappa shape index (κ3) is 3.88. The number of methoxy groups -OCH3 is 1. The van der Waals surface area contributed by atoms with Crippen molar-refractivity contribution in [2.24, 2.45) is 0 Å². The molecule has 1 amide bonds. The van der Waals surface area contributed by atoms with Gasteiger partial charge in [0, 0.05) is 24.4 Å². The molecule has 2 aromatic heterocycles. The van der Waals surface area contributed by atoms with Gasteiger partial charge in [-0.2, -0.15) is 0 Å². The van der Waals surface area contributed by atoms with Gasteiger partial charge in [-0.3, -0.25) is 4.79 Å². The Bertz CT molecular complexity index is 1030. The van der Waals surface area contributed by atoms with E-state index >= 15 is 0 Å². The van der Waals surface area contributed by atoms with Crippen LogP contribution >= 0.6 is 11.6 Å². The first-order valence-corrected chi connectivity index (χ1v) is 8.61. The smallest absolute Gasteiger partial charge is 0.339 e. The van der Waals surface area contributed by atoms with Crippen LogP contribution in [0, 0.1) is 6.92 Å². The zero-order valence-electron chi connectivity index (χ0n) is 14.8. The van der Waals surface area contributed by atoms with Crippen LogP contribution in [0.2, 0.25) is 5.02 Å². The number of fused-ring (bicyclic) bond motifs is 1. The number of hydrogen-bond donors (Lipinski definition) is 2. The van der Waals surface area contributed by atoms with Gasteiger partial charge in [0.2, 0.25) is 5.91 Å². The number of amides is 1. The fraction of sp³-hybridized carbons (Fsp3) is 0.211. The van der Waals surface area contributed by atoms with Gasteiger partial charge >= 0.3 is 5.97 Å². The molecule has 27 heavy (non-hydrogen) atoms. The van der Waals surface area contributed by atoms with Crippen molar-refractivity contribution in [3.63, 3.8) is 0 Å². The number of benzene rings is 1. The first-order chi connectivity index (χ1) is 12.9. The minimum Gasteiger partial charge on any atom is -0.496 e. The molecule has 0 atom stereocenters. The summed E-state index contributed by atoms with van der Waals surface area (Å²) in [7, 11) is 1.36. The SMILES string of the molecule is COc1cc(NC(=O)CCc2c(C)nc3ccccn23)c(Cl)cc1C(=O)O. The quantitative estimate of drug-likeness (QED) is 0.674. The second-order valence-corrected chi connectivity index (χ2v) is 6.37. The van der Waals surface area contributed by atoms with E-state index in [-0.39, 0.29) is 28.7 Å². The number of hydrogen-bond acceptors (Lipinski definition) is 4. The average molecular weight is 388 g/mol. The average Bonchev–Trinajstić information content (AvgIpc) is 2.96. The minimum atomic E-state index is -1.16. The molecule has 0 unspecified atom stereocenters. The molecule has 0 saturated carbocycles. The van der Waals surface area contributed by atoms with Crippen molar-refractivity contribution in [2.75, 3.05) is 12.4 Å². The number of anilines is 1. The van der Waals surface area contributed by atoms with E-state index in [9.17, 15) is 9.59 Å². The molecule has 0 aliphatic rings. The summed E-state index contributed by atoms with van der Waals surface area (Å²) in [6.07, 6.45) is 2.64.